The average Bonchev–Trinajstić information content (AvgIpc) is 3.10. The Labute approximate surface area is 268 Å². The summed E-state index contributed by atoms with van der Waals surface area (Å²) in [7, 11) is -1.02. The van der Waals surface area contributed by atoms with Gasteiger partial charge in [0.1, 0.15) is 5.75 Å². The van der Waals surface area contributed by atoms with Crippen molar-refractivity contribution in [3.8, 4) is 5.75 Å². The standard InChI is InChI=1S/C35H48ClN3O4S/c1-22-15-28(37-4)18-34(3,41)29-11-8-26(29)19-39-20-35(14-6-7-24-16-27(36)10-12-30(24)35)21-43-32-13-9-25(17-31(32)39)33(40)38-44(5,42)23(22)2/h9-10,12-13,16-17,22-23,26,28-29,37,41H,5-8,11,14-15,18-21H2,1-4H3,(H,38,40,42)/t22-,23+,26-,28-,29+,34+,35-,44?/m0/s1. The van der Waals surface area contributed by atoms with Gasteiger partial charge in [-0.2, -0.15) is 0 Å². The van der Waals surface area contributed by atoms with Crippen LogP contribution in [0.5, 0.6) is 5.75 Å². The van der Waals surface area contributed by atoms with Gasteiger partial charge in [-0.25, -0.2) is 4.21 Å². The van der Waals surface area contributed by atoms with Gasteiger partial charge in [0.25, 0.3) is 5.91 Å². The van der Waals surface area contributed by atoms with Crippen LogP contribution in [-0.4, -0.2) is 64.7 Å². The summed E-state index contributed by atoms with van der Waals surface area (Å²) in [5.74, 6) is 4.84. The minimum absolute atomic E-state index is 0.0130. The van der Waals surface area contributed by atoms with Crippen LogP contribution in [0.25, 0.3) is 0 Å². The molecule has 0 radical (unpaired) electrons. The highest BCUT2D eigenvalue weighted by molar-refractivity contribution is 7.99. The number of anilines is 1. The molecule has 9 heteroatoms. The van der Waals surface area contributed by atoms with E-state index in [0.29, 0.717) is 24.5 Å². The van der Waals surface area contributed by atoms with Gasteiger partial charge in [0, 0.05) is 40.4 Å². The molecule has 44 heavy (non-hydrogen) atoms. The van der Waals surface area contributed by atoms with Crippen molar-refractivity contribution in [1.82, 2.24) is 10.0 Å². The Morgan fingerprint density at radius 1 is 1.20 bits per heavy atom. The lowest BCUT2D eigenvalue weighted by Gasteiger charge is -2.50. The molecule has 4 aliphatic rings. The van der Waals surface area contributed by atoms with Crippen molar-refractivity contribution in [2.24, 2.45) is 17.8 Å². The van der Waals surface area contributed by atoms with E-state index in [2.05, 4.69) is 39.9 Å². The number of carbonyl (C=O) groups is 1. The fourth-order valence-electron chi connectivity index (χ4n) is 8.42. The smallest absolute Gasteiger partial charge is 0.262 e. The number of nitrogens with zero attached hydrogens (tertiary/aromatic N) is 1. The number of benzene rings is 2. The number of nitrogens with one attached hydrogen (secondary N) is 2. The zero-order chi connectivity index (χ0) is 31.4. The highest BCUT2D eigenvalue weighted by atomic mass is 35.5. The lowest BCUT2D eigenvalue weighted by atomic mass is 9.63. The number of aliphatic hydroxyl groups is 1. The molecule has 8 atom stereocenters. The number of carbonyl (C=O) groups excluding carboxylic acids is 1. The Hall–Kier alpha value is -2.26. The maximum absolute atomic E-state index is 13.8. The van der Waals surface area contributed by atoms with Gasteiger partial charge in [0.05, 0.1) is 27.6 Å². The summed E-state index contributed by atoms with van der Waals surface area (Å²) in [6, 6.07) is 11.8. The van der Waals surface area contributed by atoms with E-state index in [9.17, 15) is 14.1 Å². The Balaban J connectivity index is 1.43. The topological polar surface area (TPSA) is 90.9 Å². The molecule has 0 aromatic heterocycles. The summed E-state index contributed by atoms with van der Waals surface area (Å²) < 4.78 is 23.2. The van der Waals surface area contributed by atoms with E-state index in [4.69, 9.17) is 16.3 Å². The number of rotatable bonds is 1. The zero-order valence-corrected chi connectivity index (χ0v) is 28.1. The molecule has 1 unspecified atom stereocenters. The van der Waals surface area contributed by atoms with Crippen molar-refractivity contribution in [3.05, 3.63) is 58.1 Å². The lowest BCUT2D eigenvalue weighted by Crippen LogP contribution is -2.53. The van der Waals surface area contributed by atoms with E-state index >= 15 is 0 Å². The Morgan fingerprint density at radius 2 is 2.00 bits per heavy atom. The summed E-state index contributed by atoms with van der Waals surface area (Å²) in [5.41, 5.74) is 2.81. The lowest BCUT2D eigenvalue weighted by molar-refractivity contribution is -0.0790. The van der Waals surface area contributed by atoms with Crippen molar-refractivity contribution < 1.29 is 18.8 Å². The summed E-state index contributed by atoms with van der Waals surface area (Å²) in [5, 5.41) is 15.8. The second-order valence-corrected chi connectivity index (χ2v) is 17.2. The van der Waals surface area contributed by atoms with Crippen molar-refractivity contribution in [1.29, 1.82) is 0 Å². The molecule has 2 aromatic carbocycles. The van der Waals surface area contributed by atoms with Crippen LogP contribution in [0.15, 0.2) is 36.4 Å². The van der Waals surface area contributed by atoms with Gasteiger partial charge >= 0.3 is 0 Å². The molecule has 1 spiro atoms. The maximum Gasteiger partial charge on any atom is 0.262 e. The quantitative estimate of drug-likeness (QED) is 0.364. The van der Waals surface area contributed by atoms with Gasteiger partial charge < -0.3 is 20.1 Å². The number of hydrogen-bond donors (Lipinski definition) is 3. The molecule has 7 nitrogen and oxygen atoms in total. The molecule has 0 saturated heterocycles. The number of ether oxygens (including phenoxy) is 1. The molecule has 240 valence electrons. The molecule has 2 aliphatic carbocycles. The SMILES string of the molecule is C=S1(=O)NC(=O)c2ccc3c(c2)N(C[C@@H]2CC[C@H]2[C@](C)(O)C[C@@H](NC)C[C@H](C)[C@H]1C)C[C@@]1(CCCc2cc(Cl)ccc21)CO3. The molecular weight excluding hydrogens is 594 g/mol. The fourth-order valence-corrected chi connectivity index (χ4v) is 10.1. The van der Waals surface area contributed by atoms with Crippen molar-refractivity contribution in [2.45, 2.75) is 88.0 Å². The highest BCUT2D eigenvalue weighted by Crippen LogP contribution is 2.48. The average molecular weight is 642 g/mol. The first-order valence-corrected chi connectivity index (χ1v) is 18.4. The number of fused-ring (bicyclic) bond motifs is 4. The first kappa shape index (κ1) is 31.7. The van der Waals surface area contributed by atoms with Crippen molar-refractivity contribution >= 4 is 38.8 Å². The molecule has 2 aliphatic heterocycles. The van der Waals surface area contributed by atoms with Crippen LogP contribution in [0.2, 0.25) is 5.02 Å². The van der Waals surface area contributed by atoms with Gasteiger partial charge in [0.2, 0.25) is 0 Å². The number of hydrogen-bond acceptors (Lipinski definition) is 6. The third-order valence-corrected chi connectivity index (χ3v) is 13.8. The Bertz CT molecular complexity index is 1530. The fraction of sp³-hybridized carbons (Fsp3) is 0.600. The number of aryl methyl sites for hydroxylation is 1. The number of halogens is 1. The molecule has 3 N–H and O–H groups in total. The van der Waals surface area contributed by atoms with Gasteiger partial charge in [-0.05, 0) is 131 Å². The largest absolute Gasteiger partial charge is 0.490 e. The van der Waals surface area contributed by atoms with Crippen LogP contribution < -0.4 is 19.7 Å². The predicted octanol–water partition coefficient (Wildman–Crippen LogP) is 5.36. The maximum atomic E-state index is 13.8. The summed E-state index contributed by atoms with van der Waals surface area (Å²) in [6.45, 7) is 7.99. The normalized spacial score (nSPS) is 37.5. The Morgan fingerprint density at radius 3 is 2.73 bits per heavy atom. The molecule has 1 saturated carbocycles. The van der Waals surface area contributed by atoms with E-state index in [-0.39, 0.29) is 34.4 Å². The molecule has 2 heterocycles. The number of amides is 1. The Kier molecular flexibility index (Phi) is 8.53. The minimum Gasteiger partial charge on any atom is -0.490 e. The van der Waals surface area contributed by atoms with Crippen LogP contribution >= 0.6 is 11.6 Å². The first-order valence-electron chi connectivity index (χ1n) is 16.2. The first-order chi connectivity index (χ1) is 20.8. The third kappa shape index (κ3) is 5.88. The highest BCUT2D eigenvalue weighted by Gasteiger charge is 2.48. The molecular formula is C35H48ClN3O4S. The molecule has 2 bridgehead atoms. The van der Waals surface area contributed by atoms with E-state index < -0.39 is 15.3 Å². The van der Waals surface area contributed by atoms with Crippen molar-refractivity contribution in [2.75, 3.05) is 31.6 Å². The van der Waals surface area contributed by atoms with E-state index in [1.807, 2.05) is 39.1 Å². The molecule has 6 rings (SSSR count). The predicted molar refractivity (Wildman–Crippen MR) is 180 cm³/mol. The van der Waals surface area contributed by atoms with Crippen LogP contribution in [-0.2, 0) is 21.5 Å². The zero-order valence-electron chi connectivity index (χ0n) is 26.5. The minimum atomic E-state index is -2.95. The van der Waals surface area contributed by atoms with Crippen LogP contribution in [0, 0.1) is 17.8 Å². The van der Waals surface area contributed by atoms with E-state index in [1.54, 1.807) is 6.07 Å². The second kappa shape index (κ2) is 11.8. The van der Waals surface area contributed by atoms with E-state index in [1.165, 1.54) is 11.1 Å². The van der Waals surface area contributed by atoms with Crippen LogP contribution in [0.3, 0.4) is 0 Å². The van der Waals surface area contributed by atoms with Crippen molar-refractivity contribution in [3.63, 3.8) is 0 Å². The van der Waals surface area contributed by atoms with Gasteiger partial charge in [-0.15, -0.1) is 0 Å². The third-order valence-electron chi connectivity index (χ3n) is 11.4. The van der Waals surface area contributed by atoms with Crippen LogP contribution in [0.4, 0.5) is 5.69 Å². The summed E-state index contributed by atoms with van der Waals surface area (Å²) in [4.78, 5) is 16.0. The van der Waals surface area contributed by atoms with E-state index in [0.717, 1.165) is 68.1 Å². The van der Waals surface area contributed by atoms with Gasteiger partial charge in [0.15, 0.2) is 0 Å². The summed E-state index contributed by atoms with van der Waals surface area (Å²) in [6.07, 6.45) is 6.41. The second-order valence-electron chi connectivity index (χ2n) is 14.4. The molecule has 1 fully saturated rings. The molecule has 2 aromatic rings. The van der Waals surface area contributed by atoms with Gasteiger partial charge in [-0.3, -0.25) is 9.52 Å². The van der Waals surface area contributed by atoms with Crippen LogP contribution in [0.1, 0.15) is 80.8 Å². The summed E-state index contributed by atoms with van der Waals surface area (Å²) >= 11 is 6.43. The monoisotopic (exact) mass is 641 g/mol. The molecule has 1 amide bonds. The van der Waals surface area contributed by atoms with Gasteiger partial charge in [-0.1, -0.05) is 24.6 Å².